The van der Waals surface area contributed by atoms with E-state index in [9.17, 15) is 0 Å². The fraction of sp³-hybridized carbons (Fsp3) is 0.300. The molecule has 160 valence electrons. The van der Waals surface area contributed by atoms with Crippen LogP contribution < -0.4 is 0 Å². The van der Waals surface area contributed by atoms with E-state index in [1.54, 1.807) is 45.3 Å². The van der Waals surface area contributed by atoms with Crippen LogP contribution >= 0.6 is 0 Å². The van der Waals surface area contributed by atoms with Gasteiger partial charge in [0.15, 0.2) is 11.5 Å². The van der Waals surface area contributed by atoms with Crippen LogP contribution in [-0.4, -0.2) is 63.2 Å². The van der Waals surface area contributed by atoms with Gasteiger partial charge in [0.05, 0.1) is 12.6 Å². The summed E-state index contributed by atoms with van der Waals surface area (Å²) in [6.07, 6.45) is 3.54. The molecular weight excluding hydrogens is 400 g/mol. The van der Waals surface area contributed by atoms with Crippen LogP contribution in [0, 0.1) is 6.92 Å². The molecule has 0 spiro atoms. The second-order valence-electron chi connectivity index (χ2n) is 6.65. The molecule has 4 rings (SSSR count). The number of imidazole rings is 1. The number of aromatic nitrogens is 6. The van der Waals surface area contributed by atoms with E-state index >= 15 is 0 Å². The maximum absolute atomic E-state index is 5.44. The molecule has 0 bridgehead atoms. The van der Waals surface area contributed by atoms with Gasteiger partial charge in [-0.25, -0.2) is 14.6 Å². The average molecular weight is 422 g/mol. The number of methoxy groups -OCH3 is 2. The SMILES string of the molecule is C=Nn1ccc(-c2cnc3nc(COC)n(Cc4nc(C)no4)c3c2)c1C(=NC)OC. The van der Waals surface area contributed by atoms with E-state index in [2.05, 4.69) is 36.9 Å². The summed E-state index contributed by atoms with van der Waals surface area (Å²) in [5, 5.41) is 7.89. The molecule has 4 aromatic rings. The Labute approximate surface area is 178 Å². The minimum absolute atomic E-state index is 0.317. The van der Waals surface area contributed by atoms with Crippen molar-refractivity contribution < 1.29 is 14.0 Å². The van der Waals surface area contributed by atoms with Gasteiger partial charge in [-0.3, -0.25) is 4.99 Å². The summed E-state index contributed by atoms with van der Waals surface area (Å²) in [6.45, 7) is 6.06. The number of hydrogen-bond acceptors (Lipinski definition) is 9. The molecule has 0 aliphatic carbocycles. The fourth-order valence-corrected chi connectivity index (χ4v) is 3.43. The lowest BCUT2D eigenvalue weighted by Gasteiger charge is -2.10. The van der Waals surface area contributed by atoms with Crippen molar-refractivity contribution in [3.63, 3.8) is 0 Å². The summed E-state index contributed by atoms with van der Waals surface area (Å²) in [5.41, 5.74) is 3.76. The van der Waals surface area contributed by atoms with Gasteiger partial charge >= 0.3 is 0 Å². The second-order valence-corrected chi connectivity index (χ2v) is 6.65. The smallest absolute Gasteiger partial charge is 0.246 e. The number of hydrogen-bond donors (Lipinski definition) is 0. The van der Waals surface area contributed by atoms with Crippen molar-refractivity contribution in [1.82, 2.24) is 29.4 Å². The third-order valence-electron chi connectivity index (χ3n) is 4.75. The van der Waals surface area contributed by atoms with Gasteiger partial charge in [0, 0.05) is 44.4 Å². The number of aryl methyl sites for hydroxylation is 1. The van der Waals surface area contributed by atoms with Crippen molar-refractivity contribution in [3.05, 3.63) is 47.8 Å². The molecular formula is C20H22N8O3. The van der Waals surface area contributed by atoms with E-state index in [1.807, 2.05) is 16.7 Å². The van der Waals surface area contributed by atoms with Crippen LogP contribution in [0.4, 0.5) is 0 Å². The number of aliphatic imine (C=N–C) groups is 1. The lowest BCUT2D eigenvalue weighted by Crippen LogP contribution is -2.10. The summed E-state index contributed by atoms with van der Waals surface area (Å²) >= 11 is 0. The molecule has 0 atom stereocenters. The van der Waals surface area contributed by atoms with Gasteiger partial charge in [0.25, 0.3) is 0 Å². The summed E-state index contributed by atoms with van der Waals surface area (Å²) in [7, 11) is 4.84. The molecule has 0 aliphatic rings. The first kappa shape index (κ1) is 20.4. The Kier molecular flexibility index (Phi) is 5.58. The lowest BCUT2D eigenvalue weighted by atomic mass is 10.1. The van der Waals surface area contributed by atoms with E-state index in [-0.39, 0.29) is 0 Å². The number of ether oxygens (including phenoxy) is 2. The van der Waals surface area contributed by atoms with E-state index in [0.717, 1.165) is 16.6 Å². The molecule has 4 aromatic heterocycles. The van der Waals surface area contributed by atoms with Gasteiger partial charge in [-0.2, -0.15) is 10.1 Å². The molecule has 0 saturated heterocycles. The highest BCUT2D eigenvalue weighted by molar-refractivity contribution is 6.00. The Bertz CT molecular complexity index is 1270. The zero-order chi connectivity index (χ0) is 22.0. The van der Waals surface area contributed by atoms with Crippen molar-refractivity contribution in [3.8, 4) is 11.1 Å². The topological polar surface area (TPSA) is 118 Å². The number of fused-ring (bicyclic) bond motifs is 1. The summed E-state index contributed by atoms with van der Waals surface area (Å²) in [5.74, 6) is 2.18. The standard InChI is InChI=1S/C20H22N8O3/c1-12-24-17(31-26-12)10-27-15-8-13(9-23-19(15)25-16(27)11-29-4)14-6-7-28(22-3)18(14)20(21-2)30-5/h6-9H,3,10-11H2,1-2,4-5H3. The van der Waals surface area contributed by atoms with Gasteiger partial charge in [0.1, 0.15) is 24.7 Å². The second kappa shape index (κ2) is 8.48. The molecule has 11 heteroatoms. The highest BCUT2D eigenvalue weighted by atomic mass is 16.5. The molecule has 11 nitrogen and oxygen atoms in total. The van der Waals surface area contributed by atoms with Crippen LogP contribution in [-0.2, 0) is 22.6 Å². The van der Waals surface area contributed by atoms with Crippen molar-refractivity contribution >= 4 is 23.8 Å². The Morgan fingerprint density at radius 1 is 1.29 bits per heavy atom. The van der Waals surface area contributed by atoms with Crippen molar-refractivity contribution in [1.29, 1.82) is 0 Å². The average Bonchev–Trinajstić information content (AvgIpc) is 3.47. The van der Waals surface area contributed by atoms with Crippen LogP contribution in [0.25, 0.3) is 22.3 Å². The zero-order valence-corrected chi connectivity index (χ0v) is 17.7. The monoisotopic (exact) mass is 422 g/mol. The normalized spacial score (nSPS) is 11.9. The highest BCUT2D eigenvalue weighted by Gasteiger charge is 2.20. The van der Waals surface area contributed by atoms with Crippen LogP contribution in [0.15, 0.2) is 39.1 Å². The van der Waals surface area contributed by atoms with E-state index in [0.29, 0.717) is 47.9 Å². The quantitative estimate of drug-likeness (QED) is 0.331. The first-order valence-electron chi connectivity index (χ1n) is 9.42. The first-order valence-corrected chi connectivity index (χ1v) is 9.42. The predicted octanol–water partition coefficient (Wildman–Crippen LogP) is 2.27. The molecule has 4 heterocycles. The third-order valence-corrected chi connectivity index (χ3v) is 4.75. The van der Waals surface area contributed by atoms with Gasteiger partial charge in [0.2, 0.25) is 11.8 Å². The summed E-state index contributed by atoms with van der Waals surface area (Å²) < 4.78 is 19.6. The minimum Gasteiger partial charge on any atom is -0.480 e. The molecule has 0 radical (unpaired) electrons. The van der Waals surface area contributed by atoms with Gasteiger partial charge in [-0.15, -0.1) is 0 Å². The fourth-order valence-electron chi connectivity index (χ4n) is 3.43. The van der Waals surface area contributed by atoms with Gasteiger partial charge < -0.3 is 18.6 Å². The molecule has 31 heavy (non-hydrogen) atoms. The van der Waals surface area contributed by atoms with Crippen LogP contribution in [0.3, 0.4) is 0 Å². The molecule has 0 N–H and O–H groups in total. The number of pyridine rings is 1. The molecule has 0 aromatic carbocycles. The predicted molar refractivity (Wildman–Crippen MR) is 114 cm³/mol. The van der Waals surface area contributed by atoms with E-state index in [4.69, 9.17) is 14.0 Å². The van der Waals surface area contributed by atoms with Crippen LogP contribution in [0.2, 0.25) is 0 Å². The van der Waals surface area contributed by atoms with Crippen molar-refractivity contribution in [2.75, 3.05) is 21.3 Å². The molecule has 0 saturated carbocycles. The van der Waals surface area contributed by atoms with E-state index < -0.39 is 0 Å². The van der Waals surface area contributed by atoms with Gasteiger partial charge in [-0.1, -0.05) is 5.16 Å². The van der Waals surface area contributed by atoms with E-state index in [1.165, 1.54) is 0 Å². The largest absolute Gasteiger partial charge is 0.480 e. The van der Waals surface area contributed by atoms with Crippen LogP contribution in [0.1, 0.15) is 23.2 Å². The Morgan fingerprint density at radius 2 is 2.13 bits per heavy atom. The summed E-state index contributed by atoms with van der Waals surface area (Å²) in [6, 6.07) is 3.90. The molecule has 0 aliphatic heterocycles. The third kappa shape index (κ3) is 3.70. The Hall–Kier alpha value is -3.86. The Balaban J connectivity index is 1.87. The van der Waals surface area contributed by atoms with Crippen LogP contribution in [0.5, 0.6) is 0 Å². The lowest BCUT2D eigenvalue weighted by molar-refractivity contribution is 0.174. The molecule has 0 fully saturated rings. The number of rotatable bonds is 7. The molecule has 0 unspecified atom stereocenters. The van der Waals surface area contributed by atoms with Crippen molar-refractivity contribution in [2.24, 2.45) is 10.1 Å². The molecule has 0 amide bonds. The zero-order valence-electron chi connectivity index (χ0n) is 17.7. The minimum atomic E-state index is 0.317. The number of nitrogens with zero attached hydrogens (tertiary/aromatic N) is 8. The van der Waals surface area contributed by atoms with Crippen molar-refractivity contribution in [2.45, 2.75) is 20.1 Å². The highest BCUT2D eigenvalue weighted by Crippen LogP contribution is 2.29. The summed E-state index contributed by atoms with van der Waals surface area (Å²) in [4.78, 5) is 17.7. The van der Waals surface area contributed by atoms with Gasteiger partial charge in [-0.05, 0) is 19.1 Å². The Morgan fingerprint density at radius 3 is 2.77 bits per heavy atom. The first-order chi connectivity index (χ1) is 15.1. The maximum Gasteiger partial charge on any atom is 0.246 e. The maximum atomic E-state index is 5.44.